The highest BCUT2D eigenvalue weighted by Gasteiger charge is 2.45. The number of carbonyl (C=O) groups is 2. The van der Waals surface area contributed by atoms with E-state index in [0.717, 1.165) is 23.5 Å². The Morgan fingerprint density at radius 1 is 1.10 bits per heavy atom. The summed E-state index contributed by atoms with van der Waals surface area (Å²) in [6.45, 7) is 1.21. The van der Waals surface area contributed by atoms with Crippen molar-refractivity contribution in [1.82, 2.24) is 4.90 Å². The van der Waals surface area contributed by atoms with E-state index in [-0.39, 0.29) is 11.8 Å². The Labute approximate surface area is 123 Å². The van der Waals surface area contributed by atoms with Gasteiger partial charge in [0.05, 0.1) is 5.56 Å². The van der Waals surface area contributed by atoms with E-state index in [9.17, 15) is 9.59 Å². The van der Waals surface area contributed by atoms with Gasteiger partial charge in [0.2, 0.25) is 5.91 Å². The van der Waals surface area contributed by atoms with Crippen LogP contribution in [0.2, 0.25) is 0 Å². The molecular formula is C17H19NO3. The molecule has 1 N–H and O–H groups in total. The number of rotatable bonds is 2. The topological polar surface area (TPSA) is 57.6 Å². The lowest BCUT2D eigenvalue weighted by molar-refractivity contribution is -0.137. The zero-order valence-corrected chi connectivity index (χ0v) is 11.9. The van der Waals surface area contributed by atoms with Crippen molar-refractivity contribution in [3.05, 3.63) is 34.9 Å². The average Bonchev–Trinajstić information content (AvgIpc) is 3.19. The van der Waals surface area contributed by atoms with E-state index >= 15 is 0 Å². The minimum Gasteiger partial charge on any atom is -0.478 e. The van der Waals surface area contributed by atoms with Gasteiger partial charge in [0.25, 0.3) is 0 Å². The minimum atomic E-state index is -0.907. The van der Waals surface area contributed by atoms with Crippen LogP contribution in [0.15, 0.2) is 18.2 Å². The van der Waals surface area contributed by atoms with Crippen molar-refractivity contribution in [3.8, 4) is 0 Å². The molecule has 2 aliphatic carbocycles. The number of carbonyl (C=O) groups excluding carboxylic acids is 1. The SMILES string of the molecule is O=C(O)c1ccc2c(c1)CN(C(=O)C1CC3CCC1C3)C2. The Morgan fingerprint density at radius 3 is 2.57 bits per heavy atom. The lowest BCUT2D eigenvalue weighted by atomic mass is 9.88. The number of amides is 1. The van der Waals surface area contributed by atoms with Gasteiger partial charge in [-0.3, -0.25) is 4.79 Å². The van der Waals surface area contributed by atoms with E-state index in [1.165, 1.54) is 19.3 Å². The molecule has 1 heterocycles. The van der Waals surface area contributed by atoms with Crippen LogP contribution >= 0.6 is 0 Å². The first kappa shape index (κ1) is 12.9. The van der Waals surface area contributed by atoms with Crippen molar-refractivity contribution in [3.63, 3.8) is 0 Å². The van der Waals surface area contributed by atoms with Crippen LogP contribution in [0.4, 0.5) is 0 Å². The Kier molecular flexibility index (Phi) is 2.81. The number of aromatic carboxylic acids is 1. The molecule has 0 aromatic heterocycles. The number of fused-ring (bicyclic) bond motifs is 3. The van der Waals surface area contributed by atoms with Gasteiger partial charge in [-0.2, -0.15) is 0 Å². The second-order valence-corrected chi connectivity index (χ2v) is 6.76. The van der Waals surface area contributed by atoms with Gasteiger partial charge in [0.15, 0.2) is 0 Å². The molecule has 4 nitrogen and oxygen atoms in total. The second-order valence-electron chi connectivity index (χ2n) is 6.76. The van der Waals surface area contributed by atoms with Crippen molar-refractivity contribution in [1.29, 1.82) is 0 Å². The highest BCUT2D eigenvalue weighted by molar-refractivity contribution is 5.88. The molecule has 4 rings (SSSR count). The lowest BCUT2D eigenvalue weighted by Crippen LogP contribution is -2.34. The molecule has 0 saturated heterocycles. The van der Waals surface area contributed by atoms with Crippen LogP contribution in [0.1, 0.15) is 47.2 Å². The number of benzene rings is 1. The summed E-state index contributed by atoms with van der Waals surface area (Å²) < 4.78 is 0. The Bertz CT molecular complexity index is 624. The van der Waals surface area contributed by atoms with Crippen molar-refractivity contribution in [2.45, 2.75) is 38.8 Å². The van der Waals surface area contributed by atoms with Gasteiger partial charge in [0, 0.05) is 19.0 Å². The first-order chi connectivity index (χ1) is 10.1. The predicted octanol–water partition coefficient (Wildman–Crippen LogP) is 2.66. The van der Waals surface area contributed by atoms with Gasteiger partial charge in [-0.15, -0.1) is 0 Å². The van der Waals surface area contributed by atoms with Crippen LogP contribution < -0.4 is 0 Å². The predicted molar refractivity (Wildman–Crippen MR) is 76.6 cm³/mol. The molecule has 2 fully saturated rings. The molecule has 1 aromatic rings. The van der Waals surface area contributed by atoms with Crippen molar-refractivity contribution < 1.29 is 14.7 Å². The summed E-state index contributed by atoms with van der Waals surface area (Å²) in [7, 11) is 0. The second kappa shape index (κ2) is 4.58. The molecule has 1 aliphatic heterocycles. The average molecular weight is 285 g/mol. The van der Waals surface area contributed by atoms with Gasteiger partial charge in [-0.1, -0.05) is 12.5 Å². The third-order valence-electron chi connectivity index (χ3n) is 5.54. The van der Waals surface area contributed by atoms with E-state index < -0.39 is 5.97 Å². The molecule has 0 radical (unpaired) electrons. The zero-order chi connectivity index (χ0) is 14.6. The first-order valence-corrected chi connectivity index (χ1v) is 7.75. The lowest BCUT2D eigenvalue weighted by Gasteiger charge is -2.26. The zero-order valence-electron chi connectivity index (χ0n) is 11.9. The fraction of sp³-hybridized carbons (Fsp3) is 0.529. The van der Waals surface area contributed by atoms with E-state index in [1.807, 2.05) is 11.0 Å². The van der Waals surface area contributed by atoms with Crippen LogP contribution in [0, 0.1) is 17.8 Å². The maximum atomic E-state index is 12.7. The molecule has 110 valence electrons. The van der Waals surface area contributed by atoms with Crippen molar-refractivity contribution in [2.24, 2.45) is 17.8 Å². The summed E-state index contributed by atoms with van der Waals surface area (Å²) in [6, 6.07) is 5.20. The van der Waals surface area contributed by atoms with Gasteiger partial charge in [-0.05, 0) is 54.4 Å². The smallest absolute Gasteiger partial charge is 0.335 e. The van der Waals surface area contributed by atoms with E-state index in [1.54, 1.807) is 12.1 Å². The van der Waals surface area contributed by atoms with Gasteiger partial charge >= 0.3 is 5.97 Å². The van der Waals surface area contributed by atoms with E-state index in [0.29, 0.717) is 24.6 Å². The standard InChI is InChI=1S/C17H19NO3/c19-16(15-6-10-1-2-11(15)5-10)18-8-13-4-3-12(17(20)21)7-14(13)9-18/h3-4,7,10-11,15H,1-2,5-6,8-9H2,(H,20,21). The van der Waals surface area contributed by atoms with Crippen LogP contribution in [-0.4, -0.2) is 21.9 Å². The number of carboxylic acid groups (broad SMARTS) is 1. The highest BCUT2D eigenvalue weighted by Crippen LogP contribution is 2.49. The molecule has 3 atom stereocenters. The molecule has 2 bridgehead atoms. The molecule has 3 unspecified atom stereocenters. The van der Waals surface area contributed by atoms with E-state index in [4.69, 9.17) is 5.11 Å². The molecule has 3 aliphatic rings. The van der Waals surface area contributed by atoms with E-state index in [2.05, 4.69) is 0 Å². The highest BCUT2D eigenvalue weighted by atomic mass is 16.4. The maximum Gasteiger partial charge on any atom is 0.335 e. The summed E-state index contributed by atoms with van der Waals surface area (Å²) in [5.74, 6) is 0.969. The largest absolute Gasteiger partial charge is 0.478 e. The monoisotopic (exact) mass is 285 g/mol. The quantitative estimate of drug-likeness (QED) is 0.909. The first-order valence-electron chi connectivity index (χ1n) is 7.75. The van der Waals surface area contributed by atoms with Gasteiger partial charge in [-0.25, -0.2) is 4.79 Å². The minimum absolute atomic E-state index is 0.219. The summed E-state index contributed by atoms with van der Waals surface area (Å²) >= 11 is 0. The summed E-state index contributed by atoms with van der Waals surface area (Å²) in [5, 5.41) is 9.05. The van der Waals surface area contributed by atoms with Crippen LogP contribution in [0.3, 0.4) is 0 Å². The third-order valence-corrected chi connectivity index (χ3v) is 5.54. The fourth-order valence-corrected chi connectivity index (χ4v) is 4.47. The van der Waals surface area contributed by atoms with Crippen molar-refractivity contribution >= 4 is 11.9 Å². The summed E-state index contributed by atoms with van der Waals surface area (Å²) in [5.41, 5.74) is 2.39. The van der Waals surface area contributed by atoms with Crippen LogP contribution in [-0.2, 0) is 17.9 Å². The third kappa shape index (κ3) is 2.04. The Morgan fingerprint density at radius 2 is 1.90 bits per heavy atom. The fourth-order valence-electron chi connectivity index (χ4n) is 4.47. The molecule has 1 aromatic carbocycles. The van der Waals surface area contributed by atoms with Gasteiger partial charge in [0.1, 0.15) is 0 Å². The summed E-state index contributed by atoms with van der Waals surface area (Å²) in [6.07, 6.45) is 4.82. The Balaban J connectivity index is 1.51. The molecule has 2 saturated carbocycles. The number of carboxylic acids is 1. The molecule has 0 spiro atoms. The summed E-state index contributed by atoms with van der Waals surface area (Å²) in [4.78, 5) is 25.7. The number of hydrogen-bond donors (Lipinski definition) is 1. The molecule has 1 amide bonds. The van der Waals surface area contributed by atoms with Crippen LogP contribution in [0.25, 0.3) is 0 Å². The molecule has 21 heavy (non-hydrogen) atoms. The van der Waals surface area contributed by atoms with Crippen LogP contribution in [0.5, 0.6) is 0 Å². The number of nitrogens with zero attached hydrogens (tertiary/aromatic N) is 1. The normalized spacial score (nSPS) is 29.7. The molecular weight excluding hydrogens is 266 g/mol. The maximum absolute atomic E-state index is 12.7. The Hall–Kier alpha value is -1.84. The molecule has 4 heteroatoms. The number of hydrogen-bond acceptors (Lipinski definition) is 2. The van der Waals surface area contributed by atoms with Gasteiger partial charge < -0.3 is 10.0 Å². The van der Waals surface area contributed by atoms with Crippen molar-refractivity contribution in [2.75, 3.05) is 0 Å².